The predicted octanol–water partition coefficient (Wildman–Crippen LogP) is -0.821. The molecule has 0 bridgehead atoms. The Kier molecular flexibility index (Phi) is 4.76. The quantitative estimate of drug-likeness (QED) is 0.444. The van der Waals surface area contributed by atoms with E-state index in [0.29, 0.717) is 5.57 Å². The van der Waals surface area contributed by atoms with E-state index in [0.717, 1.165) is 0 Å². The van der Waals surface area contributed by atoms with Crippen LogP contribution < -0.4 is 11.1 Å². The van der Waals surface area contributed by atoms with Gasteiger partial charge in [-0.05, 0) is 5.57 Å². The van der Waals surface area contributed by atoms with Crippen LogP contribution in [-0.4, -0.2) is 31.6 Å². The van der Waals surface area contributed by atoms with Crippen molar-refractivity contribution in [1.82, 2.24) is 5.32 Å². The number of amides is 1. The molecular weight excluding hydrogens is 172 g/mol. The molecule has 0 heterocycles. The average Bonchev–Trinajstić information content (AvgIpc) is 2.11. The fourth-order valence-electron chi connectivity index (χ4n) is 0.625. The standard InChI is InChI=1S/C8H14N2O3/c1-5(4-13-6(2)11)7(9)8(12)10-3/h7H,1,4,9H2,2-3H3,(H,10,12). The second-order valence-corrected chi connectivity index (χ2v) is 2.53. The van der Waals surface area contributed by atoms with E-state index in [1.54, 1.807) is 0 Å². The fourth-order valence-corrected chi connectivity index (χ4v) is 0.625. The number of carbonyl (C=O) groups excluding carboxylic acids is 2. The van der Waals surface area contributed by atoms with Crippen molar-refractivity contribution >= 4 is 11.9 Å². The van der Waals surface area contributed by atoms with Gasteiger partial charge in [0.05, 0.1) is 0 Å². The van der Waals surface area contributed by atoms with E-state index in [-0.39, 0.29) is 12.5 Å². The van der Waals surface area contributed by atoms with E-state index in [2.05, 4.69) is 16.6 Å². The number of likely N-dealkylation sites (N-methyl/N-ethyl adjacent to an activating group) is 1. The first-order valence-electron chi connectivity index (χ1n) is 3.77. The number of rotatable bonds is 4. The maximum atomic E-state index is 11.0. The molecule has 1 amide bonds. The Morgan fingerprint density at radius 3 is 2.54 bits per heavy atom. The highest BCUT2D eigenvalue weighted by Crippen LogP contribution is 1.97. The molecule has 0 aromatic carbocycles. The minimum Gasteiger partial charge on any atom is -0.461 e. The summed E-state index contributed by atoms with van der Waals surface area (Å²) in [6, 6.07) is -0.829. The molecule has 0 rings (SSSR count). The van der Waals surface area contributed by atoms with Crippen LogP contribution in [0.5, 0.6) is 0 Å². The molecule has 0 aromatic heterocycles. The van der Waals surface area contributed by atoms with Gasteiger partial charge >= 0.3 is 5.97 Å². The Labute approximate surface area is 76.9 Å². The highest BCUT2D eigenvalue weighted by molar-refractivity contribution is 5.84. The minimum absolute atomic E-state index is 0.0239. The second-order valence-electron chi connectivity index (χ2n) is 2.53. The molecule has 0 radical (unpaired) electrons. The third-order valence-corrected chi connectivity index (χ3v) is 1.43. The van der Waals surface area contributed by atoms with Crippen molar-refractivity contribution < 1.29 is 14.3 Å². The van der Waals surface area contributed by atoms with Crippen molar-refractivity contribution in [3.63, 3.8) is 0 Å². The monoisotopic (exact) mass is 186 g/mol. The highest BCUT2D eigenvalue weighted by Gasteiger charge is 2.15. The smallest absolute Gasteiger partial charge is 0.302 e. The van der Waals surface area contributed by atoms with Crippen LogP contribution in [0.15, 0.2) is 12.2 Å². The lowest BCUT2D eigenvalue weighted by atomic mass is 10.1. The molecular formula is C8H14N2O3. The molecule has 0 saturated carbocycles. The maximum Gasteiger partial charge on any atom is 0.302 e. The summed E-state index contributed by atoms with van der Waals surface area (Å²) in [6.07, 6.45) is 0. The van der Waals surface area contributed by atoms with E-state index in [1.807, 2.05) is 0 Å². The van der Waals surface area contributed by atoms with Crippen LogP contribution in [0.3, 0.4) is 0 Å². The number of hydrogen-bond donors (Lipinski definition) is 2. The molecule has 0 fully saturated rings. The Morgan fingerprint density at radius 1 is 1.62 bits per heavy atom. The molecule has 5 nitrogen and oxygen atoms in total. The zero-order chi connectivity index (χ0) is 10.4. The SMILES string of the molecule is C=C(COC(C)=O)C(N)C(=O)NC. The van der Waals surface area contributed by atoms with Gasteiger partial charge in [0.2, 0.25) is 5.91 Å². The van der Waals surface area contributed by atoms with Crippen LogP contribution in [0.2, 0.25) is 0 Å². The summed E-state index contributed by atoms with van der Waals surface area (Å²) in [4.78, 5) is 21.4. The normalized spacial score (nSPS) is 11.6. The molecule has 0 aromatic rings. The van der Waals surface area contributed by atoms with E-state index in [9.17, 15) is 9.59 Å². The zero-order valence-electron chi connectivity index (χ0n) is 7.79. The van der Waals surface area contributed by atoms with Gasteiger partial charge in [-0.25, -0.2) is 0 Å². The first kappa shape index (κ1) is 11.6. The van der Waals surface area contributed by atoms with Crippen molar-refractivity contribution in [2.24, 2.45) is 5.73 Å². The Hall–Kier alpha value is -1.36. The van der Waals surface area contributed by atoms with Gasteiger partial charge in [0.15, 0.2) is 0 Å². The molecule has 74 valence electrons. The molecule has 3 N–H and O–H groups in total. The zero-order valence-corrected chi connectivity index (χ0v) is 7.79. The van der Waals surface area contributed by atoms with E-state index in [4.69, 9.17) is 5.73 Å². The predicted molar refractivity (Wildman–Crippen MR) is 47.8 cm³/mol. The molecule has 5 heteroatoms. The minimum atomic E-state index is -0.829. The van der Waals surface area contributed by atoms with Crippen molar-refractivity contribution in [3.8, 4) is 0 Å². The van der Waals surface area contributed by atoms with Gasteiger partial charge in [0.1, 0.15) is 12.6 Å². The van der Waals surface area contributed by atoms with Crippen LogP contribution in [0.25, 0.3) is 0 Å². The summed E-state index contributed by atoms with van der Waals surface area (Å²) in [5.41, 5.74) is 5.82. The van der Waals surface area contributed by atoms with Crippen LogP contribution in [0, 0.1) is 0 Å². The summed E-state index contributed by atoms with van der Waals surface area (Å²) in [7, 11) is 1.47. The van der Waals surface area contributed by atoms with Gasteiger partial charge in [-0.2, -0.15) is 0 Å². The summed E-state index contributed by atoms with van der Waals surface area (Å²) in [5, 5.41) is 2.37. The Balaban J connectivity index is 3.96. The topological polar surface area (TPSA) is 81.4 Å². The van der Waals surface area contributed by atoms with Crippen molar-refractivity contribution in [3.05, 3.63) is 12.2 Å². The summed E-state index contributed by atoms with van der Waals surface area (Å²) >= 11 is 0. The Morgan fingerprint density at radius 2 is 2.15 bits per heavy atom. The summed E-state index contributed by atoms with van der Waals surface area (Å²) in [5.74, 6) is -0.776. The van der Waals surface area contributed by atoms with Crippen LogP contribution in [-0.2, 0) is 14.3 Å². The molecule has 0 aliphatic carbocycles. The van der Waals surface area contributed by atoms with Gasteiger partial charge in [0, 0.05) is 14.0 Å². The van der Waals surface area contributed by atoms with Gasteiger partial charge < -0.3 is 15.8 Å². The van der Waals surface area contributed by atoms with Crippen molar-refractivity contribution in [1.29, 1.82) is 0 Å². The summed E-state index contributed by atoms with van der Waals surface area (Å²) < 4.78 is 4.62. The largest absolute Gasteiger partial charge is 0.461 e. The van der Waals surface area contributed by atoms with Crippen molar-refractivity contribution in [2.75, 3.05) is 13.7 Å². The molecule has 1 unspecified atom stereocenters. The van der Waals surface area contributed by atoms with E-state index in [1.165, 1.54) is 14.0 Å². The number of hydrogen-bond acceptors (Lipinski definition) is 4. The van der Waals surface area contributed by atoms with Gasteiger partial charge in [0.25, 0.3) is 0 Å². The highest BCUT2D eigenvalue weighted by atomic mass is 16.5. The maximum absolute atomic E-state index is 11.0. The fraction of sp³-hybridized carbons (Fsp3) is 0.500. The Bertz CT molecular complexity index is 225. The first-order chi connectivity index (χ1) is 5.99. The molecule has 13 heavy (non-hydrogen) atoms. The molecule has 0 aliphatic rings. The lowest BCUT2D eigenvalue weighted by Gasteiger charge is -2.12. The van der Waals surface area contributed by atoms with Crippen LogP contribution >= 0.6 is 0 Å². The third-order valence-electron chi connectivity index (χ3n) is 1.43. The molecule has 0 spiro atoms. The van der Waals surface area contributed by atoms with Crippen molar-refractivity contribution in [2.45, 2.75) is 13.0 Å². The lowest BCUT2D eigenvalue weighted by molar-refractivity contribution is -0.140. The van der Waals surface area contributed by atoms with E-state index >= 15 is 0 Å². The number of nitrogens with one attached hydrogen (secondary N) is 1. The first-order valence-corrected chi connectivity index (χ1v) is 3.77. The van der Waals surface area contributed by atoms with Gasteiger partial charge in [-0.15, -0.1) is 0 Å². The molecule has 0 saturated heterocycles. The number of carbonyl (C=O) groups is 2. The number of ether oxygens (including phenoxy) is 1. The number of esters is 1. The second kappa shape index (κ2) is 5.31. The lowest BCUT2D eigenvalue weighted by Crippen LogP contribution is -2.41. The van der Waals surface area contributed by atoms with Crippen LogP contribution in [0.1, 0.15) is 6.92 Å². The molecule has 1 atom stereocenters. The summed E-state index contributed by atoms with van der Waals surface area (Å²) in [6.45, 7) is 4.79. The third kappa shape index (κ3) is 4.27. The van der Waals surface area contributed by atoms with E-state index < -0.39 is 12.0 Å². The average molecular weight is 186 g/mol. The van der Waals surface area contributed by atoms with Crippen LogP contribution in [0.4, 0.5) is 0 Å². The van der Waals surface area contributed by atoms with Gasteiger partial charge in [-0.1, -0.05) is 6.58 Å². The van der Waals surface area contributed by atoms with Gasteiger partial charge in [-0.3, -0.25) is 9.59 Å². The molecule has 0 aliphatic heterocycles. The number of nitrogens with two attached hydrogens (primary N) is 1.